The molecule has 0 atom stereocenters. The van der Waals surface area contributed by atoms with Gasteiger partial charge in [0.2, 0.25) is 0 Å². The van der Waals surface area contributed by atoms with Gasteiger partial charge in [-0.3, -0.25) is 0 Å². The molecule has 0 spiro atoms. The molecule has 2 aromatic heterocycles. The number of hydrogen-bond acceptors (Lipinski definition) is 5. The summed E-state index contributed by atoms with van der Waals surface area (Å²) < 4.78 is 10.6. The van der Waals surface area contributed by atoms with Gasteiger partial charge < -0.3 is 14.4 Å². The molecule has 0 amide bonds. The van der Waals surface area contributed by atoms with Gasteiger partial charge in [0.05, 0.1) is 25.3 Å². The Balaban J connectivity index is 1.84. The Bertz CT molecular complexity index is 902. The summed E-state index contributed by atoms with van der Waals surface area (Å²) in [5.41, 5.74) is 1.70. The molecule has 3 heterocycles. The summed E-state index contributed by atoms with van der Waals surface area (Å²) in [5, 5.41) is 13.5. The lowest BCUT2D eigenvalue weighted by atomic mass is 10.2. The minimum atomic E-state index is 0.00800. The number of fused-ring (bicyclic) bond motifs is 3. The summed E-state index contributed by atoms with van der Waals surface area (Å²) in [6.45, 7) is 3.52. The molecule has 124 valence electrons. The molecule has 0 radical (unpaired) electrons. The fourth-order valence-electron chi connectivity index (χ4n) is 2.86. The van der Waals surface area contributed by atoms with Crippen molar-refractivity contribution >= 4 is 15.9 Å². The average Bonchev–Trinajstić information content (AvgIpc) is 3.07. The number of rotatable bonds is 3. The summed E-state index contributed by atoms with van der Waals surface area (Å²) in [5.74, 6) is 2.99. The number of ether oxygens (including phenoxy) is 1. The van der Waals surface area contributed by atoms with Crippen LogP contribution in [0.1, 0.15) is 5.82 Å². The maximum Gasteiger partial charge on any atom is 0.178 e. The van der Waals surface area contributed by atoms with E-state index in [0.29, 0.717) is 31.3 Å². The number of hydrogen-bond donors (Lipinski definition) is 1. The summed E-state index contributed by atoms with van der Waals surface area (Å²) >= 11 is 3.47. The van der Waals surface area contributed by atoms with E-state index in [1.165, 1.54) is 0 Å². The number of aromatic nitrogens is 5. The minimum absolute atomic E-state index is 0.00800. The molecule has 0 fully saturated rings. The standard InChI is InChI=1S/C16H16BrN5O2/c1-10-18-16(22(20-10)4-6-23)13-9-21-5-7-24-14-8-11(17)2-3-12(14)15(21)19-13/h2-3,8-9,23H,4-7H2,1H3. The third-order valence-electron chi connectivity index (χ3n) is 3.87. The first-order valence-corrected chi connectivity index (χ1v) is 8.47. The van der Waals surface area contributed by atoms with E-state index in [2.05, 4.69) is 30.6 Å². The quantitative estimate of drug-likeness (QED) is 0.743. The summed E-state index contributed by atoms with van der Waals surface area (Å²) in [6, 6.07) is 5.93. The highest BCUT2D eigenvalue weighted by atomic mass is 79.9. The summed E-state index contributed by atoms with van der Waals surface area (Å²) in [7, 11) is 0. The molecule has 7 nitrogen and oxygen atoms in total. The van der Waals surface area contributed by atoms with Gasteiger partial charge in [-0.25, -0.2) is 14.6 Å². The fourth-order valence-corrected chi connectivity index (χ4v) is 3.20. The molecule has 24 heavy (non-hydrogen) atoms. The van der Waals surface area contributed by atoms with E-state index in [0.717, 1.165) is 27.3 Å². The van der Waals surface area contributed by atoms with Crippen LogP contribution in [-0.4, -0.2) is 42.6 Å². The van der Waals surface area contributed by atoms with E-state index in [1.54, 1.807) is 4.68 Å². The van der Waals surface area contributed by atoms with E-state index in [-0.39, 0.29) is 6.61 Å². The number of aliphatic hydroxyl groups is 1. The van der Waals surface area contributed by atoms with Gasteiger partial charge in [-0.05, 0) is 25.1 Å². The van der Waals surface area contributed by atoms with Crippen LogP contribution in [0.15, 0.2) is 28.9 Å². The normalized spacial score (nSPS) is 13.1. The first-order chi connectivity index (χ1) is 11.7. The summed E-state index contributed by atoms with van der Waals surface area (Å²) in [4.78, 5) is 9.23. The largest absolute Gasteiger partial charge is 0.491 e. The first kappa shape index (κ1) is 15.3. The first-order valence-electron chi connectivity index (χ1n) is 7.68. The molecule has 1 aromatic carbocycles. The monoisotopic (exact) mass is 389 g/mol. The fraction of sp³-hybridized carbons (Fsp3) is 0.312. The van der Waals surface area contributed by atoms with Crippen molar-refractivity contribution in [2.45, 2.75) is 20.0 Å². The molecule has 4 rings (SSSR count). The van der Waals surface area contributed by atoms with Crippen LogP contribution in [0.25, 0.3) is 22.9 Å². The van der Waals surface area contributed by atoms with Gasteiger partial charge >= 0.3 is 0 Å². The molecule has 3 aromatic rings. The van der Waals surface area contributed by atoms with Crippen LogP contribution >= 0.6 is 15.9 Å². The third-order valence-corrected chi connectivity index (χ3v) is 4.36. The average molecular weight is 390 g/mol. The molecule has 8 heteroatoms. The Morgan fingerprint density at radius 1 is 1.29 bits per heavy atom. The molecular weight excluding hydrogens is 374 g/mol. The van der Waals surface area contributed by atoms with Crippen LogP contribution in [0.5, 0.6) is 5.75 Å². The minimum Gasteiger partial charge on any atom is -0.491 e. The van der Waals surface area contributed by atoms with Gasteiger partial charge in [0.25, 0.3) is 0 Å². The Morgan fingerprint density at radius 2 is 2.17 bits per heavy atom. The van der Waals surface area contributed by atoms with E-state index >= 15 is 0 Å². The maximum absolute atomic E-state index is 9.22. The van der Waals surface area contributed by atoms with Crippen molar-refractivity contribution in [3.8, 4) is 28.7 Å². The van der Waals surface area contributed by atoms with E-state index in [4.69, 9.17) is 9.72 Å². The molecule has 0 bridgehead atoms. The lowest BCUT2D eigenvalue weighted by Gasteiger charge is -2.06. The number of halogens is 1. The second kappa shape index (κ2) is 6.03. The highest BCUT2D eigenvalue weighted by Crippen LogP contribution is 2.35. The van der Waals surface area contributed by atoms with Crippen molar-refractivity contribution in [3.63, 3.8) is 0 Å². The molecule has 0 unspecified atom stereocenters. The zero-order valence-electron chi connectivity index (χ0n) is 13.1. The zero-order chi connectivity index (χ0) is 16.7. The lowest BCUT2D eigenvalue weighted by molar-refractivity contribution is 0.270. The van der Waals surface area contributed by atoms with Crippen LogP contribution in [0.2, 0.25) is 0 Å². The van der Waals surface area contributed by atoms with Gasteiger partial charge in [-0.1, -0.05) is 15.9 Å². The number of imidazole rings is 1. The molecule has 1 N–H and O–H groups in total. The van der Waals surface area contributed by atoms with Gasteiger partial charge in [0, 0.05) is 10.7 Å². The van der Waals surface area contributed by atoms with Crippen LogP contribution in [0.4, 0.5) is 0 Å². The van der Waals surface area contributed by atoms with Crippen LogP contribution in [-0.2, 0) is 13.1 Å². The molecule has 0 saturated heterocycles. The Kier molecular flexibility index (Phi) is 3.85. The number of benzene rings is 1. The van der Waals surface area contributed by atoms with E-state index in [1.807, 2.05) is 31.3 Å². The second-order valence-corrected chi connectivity index (χ2v) is 6.48. The molecule has 0 saturated carbocycles. The van der Waals surface area contributed by atoms with Crippen molar-refractivity contribution in [2.24, 2.45) is 0 Å². The Hall–Kier alpha value is -2.19. The van der Waals surface area contributed by atoms with Crippen molar-refractivity contribution in [1.29, 1.82) is 0 Å². The van der Waals surface area contributed by atoms with Crippen molar-refractivity contribution in [2.75, 3.05) is 13.2 Å². The van der Waals surface area contributed by atoms with Crippen LogP contribution in [0, 0.1) is 6.92 Å². The smallest absolute Gasteiger partial charge is 0.178 e. The van der Waals surface area contributed by atoms with Gasteiger partial charge in [-0.2, -0.15) is 5.10 Å². The summed E-state index contributed by atoms with van der Waals surface area (Å²) in [6.07, 6.45) is 1.97. The molecule has 1 aliphatic rings. The molecule has 1 aliphatic heterocycles. The third kappa shape index (κ3) is 2.61. The van der Waals surface area contributed by atoms with Crippen molar-refractivity contribution < 1.29 is 9.84 Å². The Labute approximate surface area is 147 Å². The predicted molar refractivity (Wildman–Crippen MR) is 91.7 cm³/mol. The topological polar surface area (TPSA) is 78.0 Å². The zero-order valence-corrected chi connectivity index (χ0v) is 14.7. The molecular formula is C16H16BrN5O2. The van der Waals surface area contributed by atoms with Crippen molar-refractivity contribution in [1.82, 2.24) is 24.3 Å². The second-order valence-electron chi connectivity index (χ2n) is 5.56. The number of nitrogens with zero attached hydrogens (tertiary/aromatic N) is 5. The van der Waals surface area contributed by atoms with Crippen LogP contribution in [0.3, 0.4) is 0 Å². The van der Waals surface area contributed by atoms with Crippen molar-refractivity contribution in [3.05, 3.63) is 34.7 Å². The number of aryl methyl sites for hydroxylation is 1. The lowest BCUT2D eigenvalue weighted by Crippen LogP contribution is -2.06. The predicted octanol–water partition coefficient (Wildman–Crippen LogP) is 2.26. The van der Waals surface area contributed by atoms with Gasteiger partial charge in [0.15, 0.2) is 5.82 Å². The van der Waals surface area contributed by atoms with E-state index < -0.39 is 0 Å². The molecule has 0 aliphatic carbocycles. The highest BCUT2D eigenvalue weighted by molar-refractivity contribution is 9.10. The van der Waals surface area contributed by atoms with Crippen LogP contribution < -0.4 is 4.74 Å². The van der Waals surface area contributed by atoms with Gasteiger partial charge in [-0.15, -0.1) is 0 Å². The van der Waals surface area contributed by atoms with E-state index in [9.17, 15) is 5.11 Å². The Morgan fingerprint density at radius 3 is 3.00 bits per heavy atom. The van der Waals surface area contributed by atoms with Gasteiger partial charge in [0.1, 0.15) is 29.7 Å². The maximum atomic E-state index is 9.22. The SMILES string of the molecule is Cc1nc(-c2cn3c(n2)-c2ccc(Br)cc2OCC3)n(CCO)n1. The number of aliphatic hydroxyl groups excluding tert-OH is 1. The highest BCUT2D eigenvalue weighted by Gasteiger charge is 2.21.